The number of hydrogen-bond acceptors (Lipinski definition) is 3. The van der Waals surface area contributed by atoms with E-state index >= 15 is 0 Å². The molecule has 0 saturated heterocycles. The van der Waals surface area contributed by atoms with Crippen molar-refractivity contribution in [1.29, 1.82) is 0 Å². The Balaban J connectivity index is 2.35. The monoisotopic (exact) mass is 326 g/mol. The molecule has 0 aliphatic carbocycles. The Kier molecular flexibility index (Phi) is 6.43. The van der Waals surface area contributed by atoms with E-state index in [0.717, 1.165) is 18.4 Å². The van der Waals surface area contributed by atoms with Crippen molar-refractivity contribution in [2.75, 3.05) is 13.7 Å². The van der Waals surface area contributed by atoms with Gasteiger partial charge in [0.05, 0.1) is 19.3 Å². The predicted octanol–water partition coefficient (Wildman–Crippen LogP) is 4.50. The Morgan fingerprint density at radius 1 is 1.12 bits per heavy atom. The second kappa shape index (κ2) is 8.77. The molecular formula is C20H22O4. The van der Waals surface area contributed by atoms with Crippen LogP contribution in [-0.4, -0.2) is 24.8 Å². The van der Waals surface area contributed by atoms with Crippen molar-refractivity contribution < 1.29 is 19.4 Å². The van der Waals surface area contributed by atoms with Gasteiger partial charge in [-0.3, -0.25) is 0 Å². The molecule has 0 aromatic heterocycles. The van der Waals surface area contributed by atoms with Crippen LogP contribution in [0.2, 0.25) is 0 Å². The van der Waals surface area contributed by atoms with Gasteiger partial charge >= 0.3 is 5.97 Å². The fraction of sp³-hybridized carbons (Fsp3) is 0.250. The van der Waals surface area contributed by atoms with Gasteiger partial charge in [0, 0.05) is 0 Å². The minimum absolute atomic E-state index is 0.236. The summed E-state index contributed by atoms with van der Waals surface area (Å²) in [6.45, 7) is 2.70. The van der Waals surface area contributed by atoms with Crippen molar-refractivity contribution in [2.45, 2.75) is 19.8 Å². The van der Waals surface area contributed by atoms with Crippen molar-refractivity contribution in [3.8, 4) is 11.5 Å². The van der Waals surface area contributed by atoms with E-state index in [1.165, 1.54) is 0 Å². The molecule has 0 bridgehead atoms. The average molecular weight is 326 g/mol. The molecule has 126 valence electrons. The summed E-state index contributed by atoms with van der Waals surface area (Å²) in [5.74, 6) is 0.294. The Morgan fingerprint density at radius 2 is 1.88 bits per heavy atom. The smallest absolute Gasteiger partial charge is 0.336 e. The van der Waals surface area contributed by atoms with Crippen molar-refractivity contribution in [3.63, 3.8) is 0 Å². The molecule has 4 heteroatoms. The maximum Gasteiger partial charge on any atom is 0.336 e. The molecule has 0 unspecified atom stereocenters. The maximum absolute atomic E-state index is 11.6. The SMILES string of the molecule is CCCCOc1cc(/C=C(\C(=O)O)c2ccccc2)ccc1OC. The second-order valence-corrected chi connectivity index (χ2v) is 5.34. The van der Waals surface area contributed by atoms with E-state index in [1.54, 1.807) is 37.5 Å². The molecular weight excluding hydrogens is 304 g/mol. The molecule has 0 fully saturated rings. The zero-order valence-electron chi connectivity index (χ0n) is 14.0. The van der Waals surface area contributed by atoms with Gasteiger partial charge in [0.25, 0.3) is 0 Å². The van der Waals surface area contributed by atoms with E-state index in [1.807, 2.05) is 24.3 Å². The minimum atomic E-state index is -0.967. The lowest BCUT2D eigenvalue weighted by Gasteiger charge is -2.11. The zero-order chi connectivity index (χ0) is 17.4. The first-order chi connectivity index (χ1) is 11.7. The van der Waals surface area contributed by atoms with Gasteiger partial charge in [-0.15, -0.1) is 0 Å². The highest BCUT2D eigenvalue weighted by molar-refractivity contribution is 6.20. The van der Waals surface area contributed by atoms with Crippen LogP contribution in [0.4, 0.5) is 0 Å². The van der Waals surface area contributed by atoms with Crippen LogP contribution in [0.5, 0.6) is 11.5 Å². The average Bonchev–Trinajstić information content (AvgIpc) is 2.60. The number of carboxylic acids is 1. The van der Waals surface area contributed by atoms with Crippen LogP contribution in [0.15, 0.2) is 48.5 Å². The van der Waals surface area contributed by atoms with Gasteiger partial charge in [0.15, 0.2) is 11.5 Å². The van der Waals surface area contributed by atoms with Crippen LogP contribution in [0.25, 0.3) is 11.6 Å². The van der Waals surface area contributed by atoms with E-state index in [9.17, 15) is 9.90 Å². The van der Waals surface area contributed by atoms with Crippen LogP contribution in [0.3, 0.4) is 0 Å². The number of unbranched alkanes of at least 4 members (excludes halogenated alkanes) is 1. The standard InChI is InChI=1S/C20H22O4/c1-3-4-12-24-19-14-15(10-11-18(19)23-2)13-17(20(21)22)16-8-6-5-7-9-16/h5-11,13-14H,3-4,12H2,1-2H3,(H,21,22)/b17-13-. The second-order valence-electron chi connectivity index (χ2n) is 5.34. The highest BCUT2D eigenvalue weighted by Gasteiger charge is 2.11. The summed E-state index contributed by atoms with van der Waals surface area (Å²) in [6.07, 6.45) is 3.64. The lowest BCUT2D eigenvalue weighted by atomic mass is 10.0. The number of carboxylic acid groups (broad SMARTS) is 1. The van der Waals surface area contributed by atoms with E-state index in [4.69, 9.17) is 9.47 Å². The molecule has 0 spiro atoms. The first-order valence-corrected chi connectivity index (χ1v) is 7.97. The number of benzene rings is 2. The van der Waals surface area contributed by atoms with Gasteiger partial charge in [-0.25, -0.2) is 4.79 Å². The largest absolute Gasteiger partial charge is 0.493 e. The van der Waals surface area contributed by atoms with Crippen LogP contribution in [-0.2, 0) is 4.79 Å². The van der Waals surface area contributed by atoms with Crippen LogP contribution >= 0.6 is 0 Å². The predicted molar refractivity (Wildman–Crippen MR) is 95.3 cm³/mol. The third kappa shape index (κ3) is 4.62. The highest BCUT2D eigenvalue weighted by atomic mass is 16.5. The van der Waals surface area contributed by atoms with Gasteiger partial charge < -0.3 is 14.6 Å². The molecule has 4 nitrogen and oxygen atoms in total. The highest BCUT2D eigenvalue weighted by Crippen LogP contribution is 2.30. The van der Waals surface area contributed by atoms with Gasteiger partial charge in [0.2, 0.25) is 0 Å². The van der Waals surface area contributed by atoms with Gasteiger partial charge in [-0.05, 0) is 35.8 Å². The fourth-order valence-corrected chi connectivity index (χ4v) is 2.28. The number of aliphatic carboxylic acids is 1. The molecule has 0 heterocycles. The van der Waals surface area contributed by atoms with Crippen molar-refractivity contribution >= 4 is 17.6 Å². The molecule has 24 heavy (non-hydrogen) atoms. The third-order valence-electron chi connectivity index (χ3n) is 3.57. The van der Waals surface area contributed by atoms with E-state index in [-0.39, 0.29) is 5.57 Å². The summed E-state index contributed by atoms with van der Waals surface area (Å²) in [5, 5.41) is 9.51. The molecule has 0 aliphatic rings. The Hall–Kier alpha value is -2.75. The van der Waals surface area contributed by atoms with E-state index in [2.05, 4.69) is 6.92 Å². The number of hydrogen-bond donors (Lipinski definition) is 1. The topological polar surface area (TPSA) is 55.8 Å². The lowest BCUT2D eigenvalue weighted by Crippen LogP contribution is -2.01. The molecule has 2 rings (SSSR count). The zero-order valence-corrected chi connectivity index (χ0v) is 14.0. The number of rotatable bonds is 8. The van der Waals surface area contributed by atoms with Crippen molar-refractivity contribution in [3.05, 3.63) is 59.7 Å². The fourth-order valence-electron chi connectivity index (χ4n) is 2.28. The quantitative estimate of drug-likeness (QED) is 0.441. The summed E-state index contributed by atoms with van der Waals surface area (Å²) in [6, 6.07) is 14.5. The normalized spacial score (nSPS) is 11.2. The van der Waals surface area contributed by atoms with Crippen molar-refractivity contribution in [2.24, 2.45) is 0 Å². The minimum Gasteiger partial charge on any atom is -0.493 e. The molecule has 2 aromatic carbocycles. The first kappa shape index (κ1) is 17.6. The summed E-state index contributed by atoms with van der Waals surface area (Å²) < 4.78 is 11.1. The van der Waals surface area contributed by atoms with Gasteiger partial charge in [0.1, 0.15) is 0 Å². The molecule has 0 aliphatic heterocycles. The van der Waals surface area contributed by atoms with E-state index < -0.39 is 5.97 Å². The number of ether oxygens (including phenoxy) is 2. The molecule has 2 aromatic rings. The Morgan fingerprint density at radius 3 is 2.50 bits per heavy atom. The van der Waals surface area contributed by atoms with Crippen LogP contribution < -0.4 is 9.47 Å². The lowest BCUT2D eigenvalue weighted by molar-refractivity contribution is -0.130. The molecule has 0 radical (unpaired) electrons. The van der Waals surface area contributed by atoms with Crippen molar-refractivity contribution in [1.82, 2.24) is 0 Å². The van der Waals surface area contributed by atoms with Gasteiger partial charge in [-0.1, -0.05) is 49.7 Å². The number of methoxy groups -OCH3 is 1. The Labute approximate surface area is 142 Å². The summed E-state index contributed by atoms with van der Waals surface area (Å²) >= 11 is 0. The van der Waals surface area contributed by atoms with E-state index in [0.29, 0.717) is 23.7 Å². The number of carbonyl (C=O) groups is 1. The van der Waals surface area contributed by atoms with Crippen LogP contribution in [0.1, 0.15) is 30.9 Å². The van der Waals surface area contributed by atoms with Crippen LogP contribution in [0, 0.1) is 0 Å². The molecule has 1 N–H and O–H groups in total. The van der Waals surface area contributed by atoms with Gasteiger partial charge in [-0.2, -0.15) is 0 Å². The summed E-state index contributed by atoms with van der Waals surface area (Å²) in [5.41, 5.74) is 1.65. The Bertz CT molecular complexity index is 705. The molecule has 0 saturated carbocycles. The third-order valence-corrected chi connectivity index (χ3v) is 3.57. The summed E-state index contributed by atoms with van der Waals surface area (Å²) in [4.78, 5) is 11.6. The first-order valence-electron chi connectivity index (χ1n) is 7.97. The molecule has 0 amide bonds. The molecule has 0 atom stereocenters. The maximum atomic E-state index is 11.6. The summed E-state index contributed by atoms with van der Waals surface area (Å²) in [7, 11) is 1.59.